The molecular formula is C12H19N3O4. The number of nitrogens with one attached hydrogen (secondary N) is 1. The highest BCUT2D eigenvalue weighted by atomic mass is 16.5. The fourth-order valence-electron chi connectivity index (χ4n) is 2.56. The minimum absolute atomic E-state index is 0.108. The van der Waals surface area contributed by atoms with Crippen LogP contribution in [0, 0.1) is 5.92 Å². The Kier molecular flexibility index (Phi) is 4.16. The van der Waals surface area contributed by atoms with E-state index in [-0.39, 0.29) is 36.3 Å². The quantitative estimate of drug-likeness (QED) is 0.305. The molecule has 2 unspecified atom stereocenters. The van der Waals surface area contributed by atoms with E-state index in [0.717, 1.165) is 0 Å². The first-order chi connectivity index (χ1) is 9.01. The highest BCUT2D eigenvalue weighted by Crippen LogP contribution is 2.24. The van der Waals surface area contributed by atoms with Crippen LogP contribution in [-0.2, 0) is 19.1 Å². The van der Waals surface area contributed by atoms with E-state index in [2.05, 4.69) is 0 Å². The van der Waals surface area contributed by atoms with Crippen LogP contribution in [0.15, 0.2) is 0 Å². The van der Waals surface area contributed by atoms with Gasteiger partial charge in [-0.25, -0.2) is 5.84 Å². The van der Waals surface area contributed by atoms with Crippen molar-refractivity contribution in [3.05, 3.63) is 0 Å². The number of carbonyl (C=O) groups excluding carboxylic acids is 3. The van der Waals surface area contributed by atoms with Gasteiger partial charge in [-0.3, -0.25) is 24.7 Å². The van der Waals surface area contributed by atoms with Crippen molar-refractivity contribution in [1.29, 1.82) is 0 Å². The minimum Gasteiger partial charge on any atom is -0.363 e. The molecule has 7 nitrogen and oxygen atoms in total. The molecule has 2 atom stereocenters. The SMILES string of the molecule is CC1CC(=O)N(CC2CCC(C(=O)NN)O2)C(=O)C1. The largest absolute Gasteiger partial charge is 0.363 e. The van der Waals surface area contributed by atoms with Crippen LogP contribution in [0.3, 0.4) is 0 Å². The first-order valence-corrected chi connectivity index (χ1v) is 6.50. The molecule has 7 heteroatoms. The van der Waals surface area contributed by atoms with Crippen LogP contribution >= 0.6 is 0 Å². The van der Waals surface area contributed by atoms with Gasteiger partial charge in [0.15, 0.2) is 0 Å². The van der Waals surface area contributed by atoms with E-state index in [1.54, 1.807) is 0 Å². The smallest absolute Gasteiger partial charge is 0.263 e. The number of amides is 3. The molecule has 3 amide bonds. The predicted octanol–water partition coefficient (Wildman–Crippen LogP) is -0.691. The van der Waals surface area contributed by atoms with Gasteiger partial charge in [-0.05, 0) is 18.8 Å². The molecule has 2 aliphatic heterocycles. The summed E-state index contributed by atoms with van der Waals surface area (Å²) < 4.78 is 5.50. The molecule has 0 saturated carbocycles. The molecule has 2 aliphatic rings. The zero-order valence-electron chi connectivity index (χ0n) is 10.9. The van der Waals surface area contributed by atoms with Crippen molar-refractivity contribution in [2.24, 2.45) is 11.8 Å². The van der Waals surface area contributed by atoms with Crippen molar-refractivity contribution in [1.82, 2.24) is 10.3 Å². The molecule has 2 fully saturated rings. The van der Waals surface area contributed by atoms with E-state index in [0.29, 0.717) is 25.7 Å². The topological polar surface area (TPSA) is 102 Å². The van der Waals surface area contributed by atoms with E-state index >= 15 is 0 Å². The van der Waals surface area contributed by atoms with Crippen molar-refractivity contribution >= 4 is 17.7 Å². The number of piperidine rings is 1. The number of likely N-dealkylation sites (tertiary alicyclic amines) is 1. The summed E-state index contributed by atoms with van der Waals surface area (Å²) in [4.78, 5) is 36.2. The van der Waals surface area contributed by atoms with Gasteiger partial charge in [0.05, 0.1) is 12.6 Å². The molecule has 0 aromatic heterocycles. The Hall–Kier alpha value is -1.47. The maximum Gasteiger partial charge on any atom is 0.263 e. The number of hydrazine groups is 1. The Labute approximate surface area is 111 Å². The Morgan fingerprint density at radius 2 is 2.00 bits per heavy atom. The molecule has 106 valence electrons. The van der Waals surface area contributed by atoms with Gasteiger partial charge in [-0.2, -0.15) is 0 Å². The van der Waals surface area contributed by atoms with Gasteiger partial charge in [0.1, 0.15) is 6.10 Å². The number of rotatable bonds is 3. The van der Waals surface area contributed by atoms with E-state index in [1.807, 2.05) is 12.3 Å². The molecule has 2 rings (SSSR count). The second-order valence-electron chi connectivity index (χ2n) is 5.24. The van der Waals surface area contributed by atoms with Gasteiger partial charge in [0.25, 0.3) is 5.91 Å². The number of imide groups is 1. The normalized spacial score (nSPS) is 28.8. The molecule has 2 heterocycles. The number of hydrogen-bond donors (Lipinski definition) is 2. The van der Waals surface area contributed by atoms with Crippen LogP contribution < -0.4 is 11.3 Å². The van der Waals surface area contributed by atoms with Crippen LogP contribution in [0.5, 0.6) is 0 Å². The van der Waals surface area contributed by atoms with Crippen LogP contribution in [0.2, 0.25) is 0 Å². The van der Waals surface area contributed by atoms with Crippen molar-refractivity contribution in [3.8, 4) is 0 Å². The Bertz CT molecular complexity index is 380. The van der Waals surface area contributed by atoms with Crippen molar-refractivity contribution in [3.63, 3.8) is 0 Å². The van der Waals surface area contributed by atoms with E-state index in [9.17, 15) is 14.4 Å². The molecule has 0 bridgehead atoms. The summed E-state index contributed by atoms with van der Waals surface area (Å²) in [6.07, 6.45) is 1.13. The number of ether oxygens (including phenoxy) is 1. The summed E-state index contributed by atoms with van der Waals surface area (Å²) in [5, 5.41) is 0. The minimum atomic E-state index is -0.580. The van der Waals surface area contributed by atoms with Crippen LogP contribution in [0.1, 0.15) is 32.6 Å². The average Bonchev–Trinajstić information content (AvgIpc) is 2.81. The van der Waals surface area contributed by atoms with Crippen LogP contribution in [0.4, 0.5) is 0 Å². The third-order valence-electron chi connectivity index (χ3n) is 3.58. The number of hydrogen-bond acceptors (Lipinski definition) is 5. The molecule has 0 spiro atoms. The second kappa shape index (κ2) is 5.66. The Morgan fingerprint density at radius 1 is 1.37 bits per heavy atom. The molecule has 0 radical (unpaired) electrons. The van der Waals surface area contributed by atoms with Gasteiger partial charge in [0, 0.05) is 12.8 Å². The lowest BCUT2D eigenvalue weighted by Crippen LogP contribution is -2.46. The fourth-order valence-corrected chi connectivity index (χ4v) is 2.56. The third-order valence-corrected chi connectivity index (χ3v) is 3.58. The standard InChI is InChI=1S/C12H19N3O4/c1-7-4-10(16)15(11(17)5-7)6-8-2-3-9(19-8)12(18)14-13/h7-9H,2-6,13H2,1H3,(H,14,18). The van der Waals surface area contributed by atoms with Gasteiger partial charge in [-0.15, -0.1) is 0 Å². The van der Waals surface area contributed by atoms with E-state index in [4.69, 9.17) is 10.6 Å². The van der Waals surface area contributed by atoms with Crippen molar-refractivity contribution in [2.45, 2.75) is 44.8 Å². The Balaban J connectivity index is 1.90. The van der Waals surface area contributed by atoms with Crippen LogP contribution in [0.25, 0.3) is 0 Å². The predicted molar refractivity (Wildman–Crippen MR) is 65.3 cm³/mol. The summed E-state index contributed by atoms with van der Waals surface area (Å²) in [6.45, 7) is 2.12. The van der Waals surface area contributed by atoms with Gasteiger partial charge in [-0.1, -0.05) is 6.92 Å². The monoisotopic (exact) mass is 269 g/mol. The summed E-state index contributed by atoms with van der Waals surface area (Å²) in [5.74, 6) is 4.48. The molecule has 0 aromatic rings. The van der Waals surface area contributed by atoms with Gasteiger partial charge >= 0.3 is 0 Å². The van der Waals surface area contributed by atoms with Crippen molar-refractivity contribution in [2.75, 3.05) is 6.54 Å². The fraction of sp³-hybridized carbons (Fsp3) is 0.750. The third kappa shape index (κ3) is 3.10. The summed E-state index contributed by atoms with van der Waals surface area (Å²) in [7, 11) is 0. The van der Waals surface area contributed by atoms with Crippen LogP contribution in [-0.4, -0.2) is 41.4 Å². The molecule has 19 heavy (non-hydrogen) atoms. The highest BCUT2D eigenvalue weighted by molar-refractivity contribution is 5.97. The van der Waals surface area contributed by atoms with Gasteiger partial charge < -0.3 is 4.74 Å². The molecular weight excluding hydrogens is 250 g/mol. The van der Waals surface area contributed by atoms with Gasteiger partial charge in [0.2, 0.25) is 11.8 Å². The van der Waals surface area contributed by atoms with Crippen molar-refractivity contribution < 1.29 is 19.1 Å². The molecule has 3 N–H and O–H groups in total. The average molecular weight is 269 g/mol. The summed E-state index contributed by atoms with van der Waals surface area (Å²) >= 11 is 0. The lowest BCUT2D eigenvalue weighted by Gasteiger charge is -2.30. The molecule has 0 aliphatic carbocycles. The van der Waals surface area contributed by atoms with E-state index in [1.165, 1.54) is 4.90 Å². The molecule has 0 aromatic carbocycles. The number of carbonyl (C=O) groups is 3. The summed E-state index contributed by atoms with van der Waals surface area (Å²) in [5.41, 5.74) is 2.04. The number of nitrogens with zero attached hydrogens (tertiary/aromatic N) is 1. The highest BCUT2D eigenvalue weighted by Gasteiger charge is 2.36. The number of nitrogens with two attached hydrogens (primary N) is 1. The second-order valence-corrected chi connectivity index (χ2v) is 5.24. The first-order valence-electron chi connectivity index (χ1n) is 6.50. The first kappa shape index (κ1) is 14.0. The zero-order valence-corrected chi connectivity index (χ0v) is 10.9. The lowest BCUT2D eigenvalue weighted by molar-refractivity contribution is -0.152. The lowest BCUT2D eigenvalue weighted by atomic mass is 9.97. The Morgan fingerprint density at radius 3 is 2.58 bits per heavy atom. The molecule has 2 saturated heterocycles. The zero-order chi connectivity index (χ0) is 14.0. The maximum absolute atomic E-state index is 11.8. The maximum atomic E-state index is 11.8. The van der Waals surface area contributed by atoms with E-state index < -0.39 is 6.10 Å². The summed E-state index contributed by atoms with van der Waals surface area (Å²) in [6, 6.07) is 0.